The largest absolute Gasteiger partial charge is 0.383 e. The van der Waals surface area contributed by atoms with E-state index in [1.54, 1.807) is 12.1 Å². The van der Waals surface area contributed by atoms with Crippen molar-refractivity contribution in [3.8, 4) is 11.3 Å². The summed E-state index contributed by atoms with van der Waals surface area (Å²) >= 11 is 0. The van der Waals surface area contributed by atoms with Crippen LogP contribution in [0.15, 0.2) is 30.3 Å². The number of anilines is 2. The lowest BCUT2D eigenvalue weighted by Crippen LogP contribution is -2.37. The summed E-state index contributed by atoms with van der Waals surface area (Å²) in [5.74, 6) is 0.104. The third kappa shape index (κ3) is 3.81. The first-order valence-corrected chi connectivity index (χ1v) is 8.89. The number of fused-ring (bicyclic) bond motifs is 1. The molecule has 2 aromatic heterocycles. The molecule has 0 radical (unpaired) electrons. The minimum atomic E-state index is -0.287. The first-order chi connectivity index (χ1) is 13.1. The highest BCUT2D eigenvalue weighted by atomic mass is 19.1. The monoisotopic (exact) mass is 368 g/mol. The molecule has 0 aliphatic carbocycles. The van der Waals surface area contributed by atoms with E-state index < -0.39 is 0 Å². The number of pyridine rings is 1. The van der Waals surface area contributed by atoms with Gasteiger partial charge in [0.05, 0.1) is 24.3 Å². The third-order valence-corrected chi connectivity index (χ3v) is 4.73. The topological polar surface area (TPSA) is 103 Å². The maximum absolute atomic E-state index is 13.4. The number of nitrogens with two attached hydrogens (primary N) is 2. The Bertz CT molecular complexity index is 957. The van der Waals surface area contributed by atoms with E-state index in [4.69, 9.17) is 16.2 Å². The minimum Gasteiger partial charge on any atom is -0.383 e. The maximum Gasteiger partial charge on any atom is 0.224 e. The number of hydrogen-bond acceptors (Lipinski definition) is 7. The van der Waals surface area contributed by atoms with Crippen molar-refractivity contribution >= 4 is 22.8 Å². The molecular formula is C19H21FN6O. The average molecular weight is 368 g/mol. The van der Waals surface area contributed by atoms with Crippen LogP contribution in [0.3, 0.4) is 0 Å². The lowest BCUT2D eigenvalue weighted by Gasteiger charge is -2.26. The number of nitrogens with zero attached hydrogens (tertiary/aromatic N) is 4. The van der Waals surface area contributed by atoms with Crippen molar-refractivity contribution in [1.82, 2.24) is 19.9 Å². The second-order valence-electron chi connectivity index (χ2n) is 6.55. The van der Waals surface area contributed by atoms with Crippen LogP contribution in [0.1, 0.15) is 5.56 Å². The average Bonchev–Trinajstić information content (AvgIpc) is 2.67. The number of rotatable bonds is 4. The Hall–Kier alpha value is -2.84. The van der Waals surface area contributed by atoms with Gasteiger partial charge in [-0.2, -0.15) is 9.97 Å². The van der Waals surface area contributed by atoms with Crippen LogP contribution >= 0.6 is 0 Å². The molecular weight excluding hydrogens is 347 g/mol. The molecule has 27 heavy (non-hydrogen) atoms. The van der Waals surface area contributed by atoms with Crippen molar-refractivity contribution in [2.75, 3.05) is 44.3 Å². The molecule has 0 atom stereocenters. The Balaban J connectivity index is 1.75. The van der Waals surface area contributed by atoms with E-state index in [1.807, 2.05) is 6.07 Å². The molecule has 4 rings (SSSR count). The Labute approximate surface area is 156 Å². The van der Waals surface area contributed by atoms with Crippen LogP contribution in [-0.4, -0.2) is 52.7 Å². The number of morpholine rings is 1. The van der Waals surface area contributed by atoms with E-state index in [0.29, 0.717) is 16.9 Å². The second kappa shape index (κ2) is 7.42. The minimum absolute atomic E-state index is 0.0821. The van der Waals surface area contributed by atoms with Crippen molar-refractivity contribution in [2.45, 2.75) is 6.42 Å². The Morgan fingerprint density at radius 1 is 1.04 bits per heavy atom. The Morgan fingerprint density at radius 2 is 1.78 bits per heavy atom. The summed E-state index contributed by atoms with van der Waals surface area (Å²) in [4.78, 5) is 15.3. The van der Waals surface area contributed by atoms with Crippen molar-refractivity contribution in [1.29, 1.82) is 0 Å². The molecule has 8 heteroatoms. The highest BCUT2D eigenvalue weighted by molar-refractivity contribution is 5.89. The number of hydrogen-bond donors (Lipinski definition) is 2. The molecule has 0 unspecified atom stereocenters. The van der Waals surface area contributed by atoms with Gasteiger partial charge in [-0.15, -0.1) is 0 Å². The van der Waals surface area contributed by atoms with Crippen LogP contribution in [0.2, 0.25) is 0 Å². The molecule has 0 amide bonds. The summed E-state index contributed by atoms with van der Waals surface area (Å²) in [6.07, 6.45) is 0.777. The van der Waals surface area contributed by atoms with Gasteiger partial charge in [-0.25, -0.2) is 9.37 Å². The van der Waals surface area contributed by atoms with Gasteiger partial charge >= 0.3 is 0 Å². The second-order valence-corrected chi connectivity index (χ2v) is 6.55. The van der Waals surface area contributed by atoms with Crippen LogP contribution in [0.5, 0.6) is 0 Å². The van der Waals surface area contributed by atoms with Gasteiger partial charge in [0.2, 0.25) is 5.95 Å². The summed E-state index contributed by atoms with van der Waals surface area (Å²) in [6, 6.07) is 8.26. The molecule has 1 aliphatic heterocycles. The maximum atomic E-state index is 13.4. The lowest BCUT2D eigenvalue weighted by atomic mass is 10.0. The van der Waals surface area contributed by atoms with Crippen molar-refractivity contribution < 1.29 is 9.13 Å². The first kappa shape index (κ1) is 17.6. The predicted molar refractivity (Wildman–Crippen MR) is 103 cm³/mol. The molecule has 0 spiro atoms. The zero-order chi connectivity index (χ0) is 18.8. The summed E-state index contributed by atoms with van der Waals surface area (Å²) < 4.78 is 18.8. The Morgan fingerprint density at radius 3 is 2.52 bits per heavy atom. The molecule has 0 saturated carbocycles. The molecule has 1 aliphatic rings. The Kier molecular flexibility index (Phi) is 4.83. The van der Waals surface area contributed by atoms with E-state index in [0.717, 1.165) is 56.1 Å². The van der Waals surface area contributed by atoms with Gasteiger partial charge in [0, 0.05) is 25.2 Å². The van der Waals surface area contributed by atoms with E-state index in [-0.39, 0.29) is 11.8 Å². The normalized spacial score (nSPS) is 15.3. The van der Waals surface area contributed by atoms with Crippen LogP contribution in [-0.2, 0) is 11.2 Å². The van der Waals surface area contributed by atoms with Gasteiger partial charge in [0.1, 0.15) is 11.6 Å². The fourth-order valence-electron chi connectivity index (χ4n) is 3.29. The van der Waals surface area contributed by atoms with E-state index >= 15 is 0 Å². The number of benzene rings is 1. The molecule has 7 nitrogen and oxygen atoms in total. The zero-order valence-corrected chi connectivity index (χ0v) is 14.9. The standard InChI is InChI=1S/C19H21FN6O/c20-14-3-1-12(2-4-14)16-13(5-6-26-7-9-27-10-8-26)11-15-17(21)24-19(22)25-18(15)23-16/h1-4,11H,5-10H2,(H4,21,22,23,24,25). The van der Waals surface area contributed by atoms with E-state index in [1.165, 1.54) is 12.1 Å². The lowest BCUT2D eigenvalue weighted by molar-refractivity contribution is 0.0384. The third-order valence-electron chi connectivity index (χ3n) is 4.73. The SMILES string of the molecule is Nc1nc(N)c2cc(CCN3CCOCC3)c(-c3ccc(F)cc3)nc2n1. The number of ether oxygens (including phenoxy) is 1. The van der Waals surface area contributed by atoms with Gasteiger partial charge in [-0.3, -0.25) is 4.90 Å². The fourth-order valence-corrected chi connectivity index (χ4v) is 3.29. The molecule has 1 aromatic carbocycles. The number of nitrogen functional groups attached to an aromatic ring is 2. The van der Waals surface area contributed by atoms with Crippen LogP contribution in [0, 0.1) is 5.82 Å². The molecule has 4 N–H and O–H groups in total. The van der Waals surface area contributed by atoms with Crippen LogP contribution in [0.25, 0.3) is 22.3 Å². The van der Waals surface area contributed by atoms with Gasteiger partial charge < -0.3 is 16.2 Å². The van der Waals surface area contributed by atoms with Crippen molar-refractivity contribution in [3.63, 3.8) is 0 Å². The smallest absolute Gasteiger partial charge is 0.224 e. The van der Waals surface area contributed by atoms with E-state index in [2.05, 4.69) is 19.9 Å². The van der Waals surface area contributed by atoms with Crippen LogP contribution < -0.4 is 11.5 Å². The summed E-state index contributed by atoms with van der Waals surface area (Å²) in [7, 11) is 0. The molecule has 140 valence electrons. The van der Waals surface area contributed by atoms with Gasteiger partial charge in [-0.1, -0.05) is 0 Å². The van der Waals surface area contributed by atoms with Gasteiger partial charge in [0.15, 0.2) is 5.65 Å². The first-order valence-electron chi connectivity index (χ1n) is 8.89. The van der Waals surface area contributed by atoms with E-state index in [9.17, 15) is 4.39 Å². The molecule has 3 heterocycles. The van der Waals surface area contributed by atoms with Gasteiger partial charge in [-0.05, 0) is 42.3 Å². The van der Waals surface area contributed by atoms with Crippen molar-refractivity contribution in [2.24, 2.45) is 0 Å². The molecule has 3 aromatic rings. The van der Waals surface area contributed by atoms with Crippen molar-refractivity contribution in [3.05, 3.63) is 41.7 Å². The van der Waals surface area contributed by atoms with Crippen LogP contribution in [0.4, 0.5) is 16.2 Å². The van der Waals surface area contributed by atoms with Gasteiger partial charge in [0.25, 0.3) is 0 Å². The zero-order valence-electron chi connectivity index (χ0n) is 14.9. The summed E-state index contributed by atoms with van der Waals surface area (Å²) in [5, 5.41) is 0.673. The number of halogens is 1. The molecule has 1 fully saturated rings. The fraction of sp³-hybridized carbons (Fsp3) is 0.316. The molecule has 1 saturated heterocycles. The predicted octanol–water partition coefficient (Wildman–Crippen LogP) is 1.87. The number of aromatic nitrogens is 3. The molecule has 0 bridgehead atoms. The highest BCUT2D eigenvalue weighted by Gasteiger charge is 2.16. The quantitative estimate of drug-likeness (QED) is 0.724. The summed E-state index contributed by atoms with van der Waals surface area (Å²) in [5.41, 5.74) is 14.8. The summed E-state index contributed by atoms with van der Waals surface area (Å²) in [6.45, 7) is 4.20. The highest BCUT2D eigenvalue weighted by Crippen LogP contribution is 2.28.